The van der Waals surface area contributed by atoms with E-state index < -0.39 is 0 Å². The highest BCUT2D eigenvalue weighted by atomic mass is 127. The maximum absolute atomic E-state index is 5.81. The third-order valence-electron chi connectivity index (χ3n) is 4.31. The minimum absolute atomic E-state index is 0. The van der Waals surface area contributed by atoms with E-state index in [9.17, 15) is 0 Å². The first-order valence-corrected chi connectivity index (χ1v) is 9.62. The summed E-state index contributed by atoms with van der Waals surface area (Å²) in [6, 6.07) is 10.3. The van der Waals surface area contributed by atoms with Crippen molar-refractivity contribution in [2.75, 3.05) is 19.7 Å². The predicted octanol–water partition coefficient (Wildman–Crippen LogP) is 4.36. The van der Waals surface area contributed by atoms with Crippen molar-refractivity contribution in [1.29, 1.82) is 0 Å². The summed E-state index contributed by atoms with van der Waals surface area (Å²) in [5, 5.41) is 7.88. The minimum atomic E-state index is 0. The predicted molar refractivity (Wildman–Crippen MR) is 125 cm³/mol. The van der Waals surface area contributed by atoms with Crippen LogP contribution in [0, 0.1) is 5.92 Å². The average Bonchev–Trinajstić information content (AvgIpc) is 2.65. The Bertz CT molecular complexity index is 700. The third kappa shape index (κ3) is 7.62. The molecule has 150 valence electrons. The van der Waals surface area contributed by atoms with Crippen LogP contribution in [-0.4, -0.2) is 36.7 Å². The van der Waals surface area contributed by atoms with Gasteiger partial charge in [-0.05, 0) is 37.8 Å². The third-order valence-corrected chi connectivity index (χ3v) is 4.31. The molecule has 1 aromatic heterocycles. The molecule has 1 heterocycles. The Morgan fingerprint density at radius 2 is 1.93 bits per heavy atom. The van der Waals surface area contributed by atoms with Crippen LogP contribution in [0.3, 0.4) is 0 Å². The Morgan fingerprint density at radius 1 is 1.15 bits per heavy atom. The number of benzene rings is 1. The number of hydrogen-bond donors (Lipinski definition) is 2. The quantitative estimate of drug-likeness (QED) is 0.316. The summed E-state index contributed by atoms with van der Waals surface area (Å²) in [6.45, 7) is 11.6. The number of pyridine rings is 1. The van der Waals surface area contributed by atoms with Crippen molar-refractivity contribution in [3.05, 3.63) is 42.1 Å². The first-order valence-electron chi connectivity index (χ1n) is 9.62. The average molecular weight is 484 g/mol. The zero-order valence-corrected chi connectivity index (χ0v) is 19.2. The minimum Gasteiger partial charge on any atom is -0.378 e. The normalized spacial score (nSPS) is 12.7. The molecule has 0 spiro atoms. The topological polar surface area (TPSA) is 58.5 Å². The van der Waals surface area contributed by atoms with E-state index in [0.29, 0.717) is 12.5 Å². The fraction of sp³-hybridized carbons (Fsp3) is 0.524. The number of fused-ring (bicyclic) bond motifs is 1. The van der Waals surface area contributed by atoms with Gasteiger partial charge in [-0.3, -0.25) is 4.98 Å². The molecule has 2 aromatic rings. The monoisotopic (exact) mass is 484 g/mol. The standard InChI is InChI=1S/C21H32N4O.HI/c1-5-22-21(24-14-12-19(16(3)4)26-6-2)25-15-18-10-7-9-17-11-8-13-23-20(17)18;/h7-11,13,16,19H,5-6,12,14-15H2,1-4H3,(H2,22,24,25);1H. The molecule has 2 N–H and O–H groups in total. The number of ether oxygens (including phenoxy) is 1. The second-order valence-electron chi connectivity index (χ2n) is 6.64. The molecular weight excluding hydrogens is 451 g/mol. The van der Waals surface area contributed by atoms with E-state index >= 15 is 0 Å². The molecule has 1 unspecified atom stereocenters. The van der Waals surface area contributed by atoms with Crippen molar-refractivity contribution >= 4 is 40.8 Å². The van der Waals surface area contributed by atoms with Gasteiger partial charge in [0.05, 0.1) is 18.2 Å². The van der Waals surface area contributed by atoms with E-state index in [0.717, 1.165) is 48.5 Å². The van der Waals surface area contributed by atoms with Gasteiger partial charge in [-0.15, -0.1) is 24.0 Å². The number of aliphatic imine (C=N–C) groups is 1. The maximum Gasteiger partial charge on any atom is 0.191 e. The Morgan fingerprint density at radius 3 is 2.63 bits per heavy atom. The second kappa shape index (κ2) is 12.9. The number of rotatable bonds is 9. The van der Waals surface area contributed by atoms with Crippen molar-refractivity contribution < 1.29 is 4.74 Å². The van der Waals surface area contributed by atoms with Crippen LogP contribution in [0.5, 0.6) is 0 Å². The zero-order valence-electron chi connectivity index (χ0n) is 16.9. The summed E-state index contributed by atoms with van der Waals surface area (Å²) >= 11 is 0. The number of para-hydroxylation sites is 1. The van der Waals surface area contributed by atoms with Gasteiger partial charge < -0.3 is 15.4 Å². The summed E-state index contributed by atoms with van der Waals surface area (Å²) in [4.78, 5) is 9.24. The fourth-order valence-corrected chi connectivity index (χ4v) is 2.96. The summed E-state index contributed by atoms with van der Waals surface area (Å²) < 4.78 is 5.81. The van der Waals surface area contributed by atoms with E-state index in [2.05, 4.69) is 60.7 Å². The summed E-state index contributed by atoms with van der Waals surface area (Å²) in [7, 11) is 0. The molecular formula is C21H33IN4O. The Hall–Kier alpha value is -1.41. The summed E-state index contributed by atoms with van der Waals surface area (Å²) in [5.41, 5.74) is 2.15. The molecule has 27 heavy (non-hydrogen) atoms. The molecule has 2 rings (SSSR count). The fourth-order valence-electron chi connectivity index (χ4n) is 2.96. The number of guanidine groups is 1. The van der Waals surface area contributed by atoms with Crippen molar-refractivity contribution in [2.24, 2.45) is 10.9 Å². The molecule has 0 saturated heterocycles. The molecule has 0 bridgehead atoms. The molecule has 0 saturated carbocycles. The van der Waals surface area contributed by atoms with Crippen LogP contribution in [0.15, 0.2) is 41.5 Å². The van der Waals surface area contributed by atoms with Gasteiger partial charge in [0.25, 0.3) is 0 Å². The van der Waals surface area contributed by atoms with Gasteiger partial charge >= 0.3 is 0 Å². The highest BCUT2D eigenvalue weighted by Gasteiger charge is 2.13. The van der Waals surface area contributed by atoms with Gasteiger partial charge in [-0.2, -0.15) is 0 Å². The second-order valence-corrected chi connectivity index (χ2v) is 6.64. The number of halogens is 1. The Kier molecular flexibility index (Phi) is 11.3. The number of nitrogens with zero attached hydrogens (tertiary/aromatic N) is 2. The number of aromatic nitrogens is 1. The van der Waals surface area contributed by atoms with Crippen LogP contribution in [-0.2, 0) is 11.3 Å². The maximum atomic E-state index is 5.81. The first-order chi connectivity index (χ1) is 12.7. The van der Waals surface area contributed by atoms with Gasteiger partial charge in [0, 0.05) is 31.3 Å². The van der Waals surface area contributed by atoms with Crippen LogP contribution in [0.4, 0.5) is 0 Å². The van der Waals surface area contributed by atoms with Crippen LogP contribution >= 0.6 is 24.0 Å². The lowest BCUT2D eigenvalue weighted by atomic mass is 10.0. The lowest BCUT2D eigenvalue weighted by molar-refractivity contribution is 0.0258. The van der Waals surface area contributed by atoms with Crippen LogP contribution < -0.4 is 10.6 Å². The molecule has 5 nitrogen and oxygen atoms in total. The molecule has 0 aliphatic heterocycles. The Labute approximate surface area is 180 Å². The largest absolute Gasteiger partial charge is 0.378 e. The zero-order chi connectivity index (χ0) is 18.8. The van der Waals surface area contributed by atoms with Crippen molar-refractivity contribution in [2.45, 2.75) is 46.8 Å². The van der Waals surface area contributed by atoms with Crippen LogP contribution in [0.25, 0.3) is 10.9 Å². The Balaban J connectivity index is 0.00000364. The number of nitrogens with one attached hydrogen (secondary N) is 2. The molecule has 0 aliphatic carbocycles. The molecule has 0 aliphatic rings. The SMILES string of the molecule is CCNC(=NCc1cccc2cccnc12)NCCC(OCC)C(C)C.I. The van der Waals surface area contributed by atoms with E-state index in [-0.39, 0.29) is 30.1 Å². The van der Waals surface area contributed by atoms with Crippen LogP contribution in [0.1, 0.15) is 39.7 Å². The van der Waals surface area contributed by atoms with Gasteiger partial charge in [0.15, 0.2) is 5.96 Å². The van der Waals surface area contributed by atoms with Gasteiger partial charge in [0.2, 0.25) is 0 Å². The van der Waals surface area contributed by atoms with E-state index in [1.807, 2.05) is 19.2 Å². The molecule has 6 heteroatoms. The van der Waals surface area contributed by atoms with Crippen molar-refractivity contribution in [3.8, 4) is 0 Å². The molecule has 1 aromatic carbocycles. The lowest BCUT2D eigenvalue weighted by Gasteiger charge is -2.21. The van der Waals surface area contributed by atoms with Gasteiger partial charge in [-0.1, -0.05) is 38.1 Å². The smallest absolute Gasteiger partial charge is 0.191 e. The lowest BCUT2D eigenvalue weighted by Crippen LogP contribution is -2.39. The summed E-state index contributed by atoms with van der Waals surface area (Å²) in [5.74, 6) is 1.34. The van der Waals surface area contributed by atoms with Crippen molar-refractivity contribution in [3.63, 3.8) is 0 Å². The molecule has 0 amide bonds. The molecule has 1 atom stereocenters. The summed E-state index contributed by atoms with van der Waals surface area (Å²) in [6.07, 6.45) is 3.07. The van der Waals surface area contributed by atoms with Gasteiger partial charge in [0.1, 0.15) is 0 Å². The highest BCUT2D eigenvalue weighted by molar-refractivity contribution is 14.0. The molecule has 0 radical (unpaired) electrons. The van der Waals surface area contributed by atoms with Crippen LogP contribution in [0.2, 0.25) is 0 Å². The van der Waals surface area contributed by atoms with Crippen molar-refractivity contribution in [1.82, 2.24) is 15.6 Å². The highest BCUT2D eigenvalue weighted by Crippen LogP contribution is 2.16. The van der Waals surface area contributed by atoms with E-state index in [1.165, 1.54) is 0 Å². The number of hydrogen-bond acceptors (Lipinski definition) is 3. The van der Waals surface area contributed by atoms with E-state index in [1.54, 1.807) is 0 Å². The van der Waals surface area contributed by atoms with Gasteiger partial charge in [-0.25, -0.2) is 4.99 Å². The first kappa shape index (κ1) is 23.6. The molecule has 0 fully saturated rings. The van der Waals surface area contributed by atoms with E-state index in [4.69, 9.17) is 9.73 Å².